The number of allylic oxidation sites excluding steroid dienone is 2. The summed E-state index contributed by atoms with van der Waals surface area (Å²) in [6.45, 7) is 5.83. The van der Waals surface area contributed by atoms with Gasteiger partial charge in [-0.05, 0) is 19.4 Å². The van der Waals surface area contributed by atoms with Gasteiger partial charge in [0.05, 0.1) is 13.7 Å². The van der Waals surface area contributed by atoms with Crippen LogP contribution in [0.15, 0.2) is 24.5 Å². The van der Waals surface area contributed by atoms with Gasteiger partial charge in [0.15, 0.2) is 0 Å². The SMILES string of the molecule is C=C(/C=C/CCC(=O)OCC)OC. The van der Waals surface area contributed by atoms with Crippen LogP contribution in [0.1, 0.15) is 19.8 Å². The van der Waals surface area contributed by atoms with Crippen molar-refractivity contribution < 1.29 is 14.3 Å². The number of rotatable bonds is 6. The Morgan fingerprint density at radius 2 is 2.23 bits per heavy atom. The molecule has 0 fully saturated rings. The fourth-order valence-corrected chi connectivity index (χ4v) is 0.717. The number of hydrogen-bond acceptors (Lipinski definition) is 3. The largest absolute Gasteiger partial charge is 0.497 e. The van der Waals surface area contributed by atoms with Crippen LogP contribution in [-0.4, -0.2) is 19.7 Å². The zero-order valence-corrected chi connectivity index (χ0v) is 8.21. The molecule has 0 unspecified atom stereocenters. The molecule has 0 aromatic heterocycles. The van der Waals surface area contributed by atoms with Gasteiger partial charge in [-0.3, -0.25) is 4.79 Å². The molecule has 0 aromatic rings. The third-order valence-electron chi connectivity index (χ3n) is 1.39. The summed E-state index contributed by atoms with van der Waals surface area (Å²) < 4.78 is 9.56. The maximum absolute atomic E-state index is 10.8. The van der Waals surface area contributed by atoms with Gasteiger partial charge in [0, 0.05) is 6.42 Å². The molecule has 74 valence electrons. The first-order valence-corrected chi connectivity index (χ1v) is 4.25. The van der Waals surface area contributed by atoms with Crippen molar-refractivity contribution in [3.05, 3.63) is 24.5 Å². The molecule has 0 amide bonds. The standard InChI is InChI=1S/C10H16O3/c1-4-13-10(11)8-6-5-7-9(2)12-3/h5,7H,2,4,6,8H2,1,3H3/b7-5+. The topological polar surface area (TPSA) is 35.5 Å². The molecule has 0 N–H and O–H groups in total. The second-order valence-corrected chi connectivity index (χ2v) is 2.42. The van der Waals surface area contributed by atoms with E-state index < -0.39 is 0 Å². The van der Waals surface area contributed by atoms with Crippen LogP contribution in [0.4, 0.5) is 0 Å². The smallest absolute Gasteiger partial charge is 0.306 e. The molecule has 0 atom stereocenters. The maximum atomic E-state index is 10.8. The number of hydrogen-bond donors (Lipinski definition) is 0. The Kier molecular flexibility index (Phi) is 6.69. The summed E-state index contributed by atoms with van der Waals surface area (Å²) in [4.78, 5) is 10.8. The van der Waals surface area contributed by atoms with Crippen molar-refractivity contribution in [1.29, 1.82) is 0 Å². The molecular formula is C10H16O3. The molecule has 0 rings (SSSR count). The molecule has 13 heavy (non-hydrogen) atoms. The van der Waals surface area contributed by atoms with E-state index in [0.717, 1.165) is 0 Å². The van der Waals surface area contributed by atoms with E-state index in [4.69, 9.17) is 9.47 Å². The van der Waals surface area contributed by atoms with Gasteiger partial charge in [-0.25, -0.2) is 0 Å². The van der Waals surface area contributed by atoms with Gasteiger partial charge in [0.1, 0.15) is 5.76 Å². The van der Waals surface area contributed by atoms with Gasteiger partial charge in [-0.1, -0.05) is 12.7 Å². The summed E-state index contributed by atoms with van der Waals surface area (Å²) >= 11 is 0. The van der Waals surface area contributed by atoms with Crippen LogP contribution >= 0.6 is 0 Å². The molecule has 0 aliphatic carbocycles. The van der Waals surface area contributed by atoms with E-state index in [0.29, 0.717) is 25.2 Å². The average molecular weight is 184 g/mol. The number of carbonyl (C=O) groups excluding carboxylic acids is 1. The van der Waals surface area contributed by atoms with Gasteiger partial charge < -0.3 is 9.47 Å². The first-order chi connectivity index (χ1) is 6.20. The molecule has 0 bridgehead atoms. The lowest BCUT2D eigenvalue weighted by molar-refractivity contribution is -0.142. The van der Waals surface area contributed by atoms with Gasteiger partial charge in [-0.15, -0.1) is 0 Å². The number of ether oxygens (including phenoxy) is 2. The van der Waals surface area contributed by atoms with Gasteiger partial charge in [0.25, 0.3) is 0 Å². The van der Waals surface area contributed by atoms with Gasteiger partial charge in [0.2, 0.25) is 0 Å². The quantitative estimate of drug-likeness (QED) is 0.360. The Morgan fingerprint density at radius 3 is 2.77 bits per heavy atom. The second-order valence-electron chi connectivity index (χ2n) is 2.42. The van der Waals surface area contributed by atoms with Crippen molar-refractivity contribution in [3.8, 4) is 0 Å². The zero-order valence-electron chi connectivity index (χ0n) is 8.21. The molecule has 0 aliphatic heterocycles. The minimum absolute atomic E-state index is 0.171. The fraction of sp³-hybridized carbons (Fsp3) is 0.500. The van der Waals surface area contributed by atoms with Crippen LogP contribution in [0.25, 0.3) is 0 Å². The molecular weight excluding hydrogens is 168 g/mol. The summed E-state index contributed by atoms with van der Waals surface area (Å²) in [6, 6.07) is 0. The highest BCUT2D eigenvalue weighted by Crippen LogP contribution is 1.98. The summed E-state index contributed by atoms with van der Waals surface area (Å²) in [7, 11) is 1.55. The molecule has 0 radical (unpaired) electrons. The van der Waals surface area contributed by atoms with E-state index in [1.54, 1.807) is 20.1 Å². The summed E-state index contributed by atoms with van der Waals surface area (Å²) in [6.07, 6.45) is 4.63. The molecule has 0 heterocycles. The Bertz CT molecular complexity index is 194. The minimum atomic E-state index is -0.171. The third-order valence-corrected chi connectivity index (χ3v) is 1.39. The van der Waals surface area contributed by atoms with Crippen molar-refractivity contribution in [1.82, 2.24) is 0 Å². The van der Waals surface area contributed by atoms with Crippen LogP contribution in [0.2, 0.25) is 0 Å². The Labute approximate surface area is 79.0 Å². The van der Waals surface area contributed by atoms with E-state index in [9.17, 15) is 4.79 Å². The number of esters is 1. The van der Waals surface area contributed by atoms with E-state index in [1.807, 2.05) is 6.08 Å². The minimum Gasteiger partial charge on any atom is -0.497 e. The van der Waals surface area contributed by atoms with Crippen molar-refractivity contribution in [2.45, 2.75) is 19.8 Å². The summed E-state index contributed by atoms with van der Waals surface area (Å²) in [5.41, 5.74) is 0. The van der Waals surface area contributed by atoms with Crippen LogP contribution in [0.3, 0.4) is 0 Å². The molecule has 0 aliphatic rings. The first kappa shape index (κ1) is 11.8. The van der Waals surface area contributed by atoms with Crippen molar-refractivity contribution in [2.75, 3.05) is 13.7 Å². The predicted molar refractivity (Wildman–Crippen MR) is 51.2 cm³/mol. The Balaban J connectivity index is 3.49. The zero-order chi connectivity index (χ0) is 10.1. The first-order valence-electron chi connectivity index (χ1n) is 4.25. The Morgan fingerprint density at radius 1 is 1.54 bits per heavy atom. The molecule has 0 saturated heterocycles. The van der Waals surface area contributed by atoms with Crippen LogP contribution in [0, 0.1) is 0 Å². The van der Waals surface area contributed by atoms with Gasteiger partial charge in [-0.2, -0.15) is 0 Å². The lowest BCUT2D eigenvalue weighted by Gasteiger charge is -1.98. The van der Waals surface area contributed by atoms with Crippen molar-refractivity contribution in [2.24, 2.45) is 0 Å². The highest BCUT2D eigenvalue weighted by molar-refractivity contribution is 5.69. The van der Waals surface area contributed by atoms with Crippen molar-refractivity contribution >= 4 is 5.97 Å². The maximum Gasteiger partial charge on any atom is 0.306 e. The van der Waals surface area contributed by atoms with Crippen LogP contribution in [0.5, 0.6) is 0 Å². The molecule has 0 aromatic carbocycles. The van der Waals surface area contributed by atoms with Crippen molar-refractivity contribution in [3.63, 3.8) is 0 Å². The number of carbonyl (C=O) groups is 1. The monoisotopic (exact) mass is 184 g/mol. The van der Waals surface area contributed by atoms with E-state index in [1.165, 1.54) is 0 Å². The van der Waals surface area contributed by atoms with E-state index in [2.05, 4.69) is 6.58 Å². The second kappa shape index (κ2) is 7.40. The van der Waals surface area contributed by atoms with Gasteiger partial charge >= 0.3 is 5.97 Å². The lowest BCUT2D eigenvalue weighted by Crippen LogP contribution is -2.02. The third kappa shape index (κ3) is 7.12. The Hall–Kier alpha value is -1.25. The predicted octanol–water partition coefficient (Wildman–Crippen LogP) is 2.05. The summed E-state index contributed by atoms with van der Waals surface area (Å²) in [5.74, 6) is 0.416. The molecule has 0 saturated carbocycles. The number of methoxy groups -OCH3 is 1. The molecule has 0 spiro atoms. The highest BCUT2D eigenvalue weighted by atomic mass is 16.5. The lowest BCUT2D eigenvalue weighted by atomic mass is 10.3. The van der Waals surface area contributed by atoms with Crippen LogP contribution < -0.4 is 0 Å². The normalized spacial score (nSPS) is 10.0. The fourth-order valence-electron chi connectivity index (χ4n) is 0.717. The summed E-state index contributed by atoms with van der Waals surface area (Å²) in [5, 5.41) is 0. The molecule has 3 heteroatoms. The van der Waals surface area contributed by atoms with E-state index in [-0.39, 0.29) is 5.97 Å². The highest BCUT2D eigenvalue weighted by Gasteiger charge is 1.97. The van der Waals surface area contributed by atoms with E-state index >= 15 is 0 Å². The van der Waals surface area contributed by atoms with Crippen LogP contribution in [-0.2, 0) is 14.3 Å². The average Bonchev–Trinajstić information content (AvgIpc) is 2.12. The molecule has 3 nitrogen and oxygen atoms in total.